The second-order valence-corrected chi connectivity index (χ2v) is 5.16. The minimum atomic E-state index is -0.481. The van der Waals surface area contributed by atoms with E-state index in [4.69, 9.17) is 23.2 Å². The molecule has 0 saturated carbocycles. The van der Waals surface area contributed by atoms with Gasteiger partial charge in [-0.2, -0.15) is 0 Å². The summed E-state index contributed by atoms with van der Waals surface area (Å²) in [7, 11) is 0. The van der Waals surface area contributed by atoms with Gasteiger partial charge in [-0.1, -0.05) is 41.4 Å². The number of nitrogens with one attached hydrogen (secondary N) is 1. The summed E-state index contributed by atoms with van der Waals surface area (Å²) >= 11 is 11.9. The van der Waals surface area contributed by atoms with E-state index in [1.807, 2.05) is 25.1 Å². The third-order valence-corrected chi connectivity index (χ3v) is 3.55. The fraction of sp³-hybridized carbons (Fsp3) is 0.133. The van der Waals surface area contributed by atoms with Crippen molar-refractivity contribution in [3.63, 3.8) is 0 Å². The Balaban J connectivity index is 2.17. The predicted octanol–water partition coefficient (Wildman–Crippen LogP) is 4.62. The van der Waals surface area contributed by atoms with Crippen LogP contribution in [0, 0.1) is 5.82 Å². The van der Waals surface area contributed by atoms with Crippen molar-refractivity contribution in [3.8, 4) is 0 Å². The Morgan fingerprint density at radius 3 is 2.50 bits per heavy atom. The average Bonchev–Trinajstić information content (AvgIpc) is 2.38. The van der Waals surface area contributed by atoms with Crippen LogP contribution in [0.5, 0.6) is 0 Å². The molecule has 0 radical (unpaired) electrons. The zero-order valence-corrected chi connectivity index (χ0v) is 12.2. The van der Waals surface area contributed by atoms with Crippen molar-refractivity contribution in [2.75, 3.05) is 0 Å². The van der Waals surface area contributed by atoms with Crippen LogP contribution in [0.3, 0.4) is 0 Å². The van der Waals surface area contributed by atoms with Gasteiger partial charge in [0.15, 0.2) is 0 Å². The van der Waals surface area contributed by atoms with E-state index in [0.717, 1.165) is 11.6 Å². The lowest BCUT2D eigenvalue weighted by molar-refractivity contribution is 0.0940. The molecule has 0 aliphatic heterocycles. The fourth-order valence-corrected chi connectivity index (χ4v) is 2.40. The Bertz CT molecular complexity index is 646. The van der Waals surface area contributed by atoms with Gasteiger partial charge in [0.25, 0.3) is 5.91 Å². The van der Waals surface area contributed by atoms with Gasteiger partial charge in [0.1, 0.15) is 5.82 Å². The molecule has 20 heavy (non-hydrogen) atoms. The van der Waals surface area contributed by atoms with Gasteiger partial charge < -0.3 is 5.32 Å². The van der Waals surface area contributed by atoms with Gasteiger partial charge in [0, 0.05) is 5.02 Å². The molecule has 0 aromatic heterocycles. The van der Waals surface area contributed by atoms with Gasteiger partial charge >= 0.3 is 0 Å². The van der Waals surface area contributed by atoms with Crippen LogP contribution in [0.25, 0.3) is 0 Å². The number of rotatable bonds is 3. The highest BCUT2D eigenvalue weighted by Crippen LogP contribution is 2.23. The third-order valence-electron chi connectivity index (χ3n) is 2.90. The Morgan fingerprint density at radius 2 is 1.85 bits per heavy atom. The van der Waals surface area contributed by atoms with Gasteiger partial charge in [-0.05, 0) is 36.8 Å². The van der Waals surface area contributed by atoms with Crippen molar-refractivity contribution < 1.29 is 9.18 Å². The lowest BCUT2D eigenvalue weighted by atomic mass is 10.1. The first kappa shape index (κ1) is 14.8. The van der Waals surface area contributed by atoms with E-state index in [0.29, 0.717) is 5.02 Å². The Kier molecular flexibility index (Phi) is 4.63. The first-order valence-electron chi connectivity index (χ1n) is 5.99. The summed E-state index contributed by atoms with van der Waals surface area (Å²) < 4.78 is 13.0. The van der Waals surface area contributed by atoms with E-state index in [1.54, 1.807) is 6.07 Å². The van der Waals surface area contributed by atoms with Gasteiger partial charge in [-0.15, -0.1) is 0 Å². The molecule has 2 aromatic carbocycles. The molecule has 104 valence electrons. The Labute approximate surface area is 126 Å². The number of hydrogen-bond acceptors (Lipinski definition) is 1. The maximum atomic E-state index is 13.0. The molecule has 2 rings (SSSR count). The molecule has 2 aromatic rings. The summed E-state index contributed by atoms with van der Waals surface area (Å²) in [6.07, 6.45) is 0. The zero-order valence-electron chi connectivity index (χ0n) is 10.7. The summed E-state index contributed by atoms with van der Waals surface area (Å²) in [6, 6.07) is 10.6. The van der Waals surface area contributed by atoms with Crippen LogP contribution >= 0.6 is 23.2 Å². The molecule has 2 nitrogen and oxygen atoms in total. The van der Waals surface area contributed by atoms with Crippen LogP contribution in [-0.4, -0.2) is 5.91 Å². The minimum absolute atomic E-state index is 0.0776. The fourth-order valence-electron chi connectivity index (χ4n) is 1.85. The topological polar surface area (TPSA) is 29.1 Å². The molecule has 1 N–H and O–H groups in total. The van der Waals surface area contributed by atoms with E-state index in [1.165, 1.54) is 12.1 Å². The molecule has 0 fully saturated rings. The molecule has 5 heteroatoms. The van der Waals surface area contributed by atoms with Crippen LogP contribution in [0.15, 0.2) is 42.5 Å². The highest BCUT2D eigenvalue weighted by atomic mass is 35.5. The minimum Gasteiger partial charge on any atom is -0.345 e. The first-order valence-corrected chi connectivity index (χ1v) is 6.75. The molecule has 0 spiro atoms. The van der Waals surface area contributed by atoms with E-state index < -0.39 is 5.82 Å². The number of amides is 1. The van der Waals surface area contributed by atoms with Crippen LogP contribution in [0.1, 0.15) is 28.9 Å². The number of benzene rings is 2. The number of carbonyl (C=O) groups excluding carboxylic acids is 1. The standard InChI is InChI=1S/C15H12Cl2FNO/c1-9(11-4-2-3-5-13(11)16)19-15(20)12-7-6-10(18)8-14(12)17/h2-9H,1H3,(H,19,20)/t9-/m0/s1. The maximum absolute atomic E-state index is 13.0. The summed E-state index contributed by atoms with van der Waals surface area (Å²) in [5.74, 6) is -0.854. The Morgan fingerprint density at radius 1 is 1.15 bits per heavy atom. The monoisotopic (exact) mass is 311 g/mol. The van der Waals surface area contributed by atoms with Crippen molar-refractivity contribution >= 4 is 29.1 Å². The van der Waals surface area contributed by atoms with E-state index in [9.17, 15) is 9.18 Å². The molecular weight excluding hydrogens is 300 g/mol. The van der Waals surface area contributed by atoms with Crippen molar-refractivity contribution in [1.82, 2.24) is 5.32 Å². The lowest BCUT2D eigenvalue weighted by Gasteiger charge is -2.16. The number of carbonyl (C=O) groups is 1. The normalized spacial score (nSPS) is 12.0. The molecule has 1 atom stereocenters. The quantitative estimate of drug-likeness (QED) is 0.880. The van der Waals surface area contributed by atoms with Crippen LogP contribution in [0.2, 0.25) is 10.0 Å². The van der Waals surface area contributed by atoms with Crippen LogP contribution < -0.4 is 5.32 Å². The second-order valence-electron chi connectivity index (χ2n) is 4.34. The molecule has 0 aliphatic rings. The summed E-state index contributed by atoms with van der Waals surface area (Å²) in [5, 5.41) is 3.44. The highest BCUT2D eigenvalue weighted by Gasteiger charge is 2.16. The van der Waals surface area contributed by atoms with Gasteiger partial charge in [0.2, 0.25) is 0 Å². The molecule has 0 unspecified atom stereocenters. The average molecular weight is 312 g/mol. The van der Waals surface area contributed by atoms with Crippen LogP contribution in [0.4, 0.5) is 4.39 Å². The zero-order chi connectivity index (χ0) is 14.7. The van der Waals surface area contributed by atoms with Crippen molar-refractivity contribution in [3.05, 3.63) is 69.5 Å². The van der Waals surface area contributed by atoms with Gasteiger partial charge in [0.05, 0.1) is 16.6 Å². The highest BCUT2D eigenvalue weighted by molar-refractivity contribution is 6.34. The molecule has 1 amide bonds. The predicted molar refractivity (Wildman–Crippen MR) is 78.7 cm³/mol. The summed E-state index contributed by atoms with van der Waals surface area (Å²) in [5.41, 5.74) is 1.03. The molecule has 0 heterocycles. The summed E-state index contributed by atoms with van der Waals surface area (Å²) in [6.45, 7) is 1.82. The van der Waals surface area contributed by atoms with E-state index >= 15 is 0 Å². The SMILES string of the molecule is C[C@H](NC(=O)c1ccc(F)cc1Cl)c1ccccc1Cl. The number of hydrogen-bond donors (Lipinski definition) is 1. The van der Waals surface area contributed by atoms with E-state index in [2.05, 4.69) is 5.32 Å². The van der Waals surface area contributed by atoms with Crippen molar-refractivity contribution in [2.45, 2.75) is 13.0 Å². The molecular formula is C15H12Cl2FNO. The smallest absolute Gasteiger partial charge is 0.253 e. The second kappa shape index (κ2) is 6.25. The number of halogens is 3. The molecule has 0 saturated heterocycles. The van der Waals surface area contributed by atoms with Gasteiger partial charge in [-0.3, -0.25) is 4.79 Å². The van der Waals surface area contributed by atoms with E-state index in [-0.39, 0.29) is 22.5 Å². The first-order chi connectivity index (χ1) is 9.49. The molecule has 0 bridgehead atoms. The Hall–Kier alpha value is -1.58. The lowest BCUT2D eigenvalue weighted by Crippen LogP contribution is -2.27. The van der Waals surface area contributed by atoms with Crippen LogP contribution in [-0.2, 0) is 0 Å². The third kappa shape index (κ3) is 3.30. The van der Waals surface area contributed by atoms with Gasteiger partial charge in [-0.25, -0.2) is 4.39 Å². The van der Waals surface area contributed by atoms with Crippen molar-refractivity contribution in [2.24, 2.45) is 0 Å². The molecule has 0 aliphatic carbocycles. The van der Waals surface area contributed by atoms with Crippen molar-refractivity contribution in [1.29, 1.82) is 0 Å². The summed E-state index contributed by atoms with van der Waals surface area (Å²) in [4.78, 5) is 12.1. The largest absolute Gasteiger partial charge is 0.345 e. The maximum Gasteiger partial charge on any atom is 0.253 e.